The first-order valence-electron chi connectivity index (χ1n) is 10.3. The maximum Gasteiger partial charge on any atom is 0.161 e. The third-order valence-corrected chi connectivity index (χ3v) is 6.28. The summed E-state index contributed by atoms with van der Waals surface area (Å²) < 4.78 is 0. The van der Waals surface area contributed by atoms with Gasteiger partial charge in [0.05, 0.1) is 0 Å². The van der Waals surface area contributed by atoms with E-state index in [1.165, 1.54) is 39.1 Å². The van der Waals surface area contributed by atoms with Gasteiger partial charge in [-0.05, 0) is 55.0 Å². The Kier molecular flexibility index (Phi) is 5.93. The molecule has 0 radical (unpaired) electrons. The molecule has 0 bridgehead atoms. The van der Waals surface area contributed by atoms with Crippen molar-refractivity contribution in [1.82, 2.24) is 10.2 Å². The molecule has 2 aliphatic rings. The summed E-state index contributed by atoms with van der Waals surface area (Å²) in [4.78, 5) is 7.56. The number of hydrogen-bond acceptors (Lipinski definition) is 4. The molecule has 0 saturated heterocycles. The van der Waals surface area contributed by atoms with E-state index in [-0.39, 0.29) is 6.04 Å². The Labute approximate surface area is 178 Å². The molecule has 0 amide bonds. The van der Waals surface area contributed by atoms with Crippen LogP contribution in [0.5, 0.6) is 0 Å². The number of likely N-dealkylation sites (N-methyl/N-ethyl adjacent to an activating group) is 1. The Morgan fingerprint density at radius 2 is 1.69 bits per heavy atom. The number of aryl methyl sites for hydroxylation is 2. The van der Waals surface area contributed by atoms with E-state index in [2.05, 4.69) is 91.9 Å². The Morgan fingerprint density at radius 1 is 1.03 bits per heavy atom. The van der Waals surface area contributed by atoms with Crippen molar-refractivity contribution in [2.24, 2.45) is 4.99 Å². The van der Waals surface area contributed by atoms with E-state index >= 15 is 0 Å². The second-order valence-corrected chi connectivity index (χ2v) is 8.66. The quantitative estimate of drug-likeness (QED) is 0.750. The van der Waals surface area contributed by atoms with Crippen LogP contribution >= 0.6 is 11.8 Å². The number of nitrogens with zero attached hydrogens (tertiary/aromatic N) is 2. The average molecular weight is 404 g/mol. The van der Waals surface area contributed by atoms with Gasteiger partial charge in [0.25, 0.3) is 0 Å². The van der Waals surface area contributed by atoms with Crippen molar-refractivity contribution in [2.45, 2.75) is 26.8 Å². The molecule has 1 atom stereocenters. The second-order valence-electron chi connectivity index (χ2n) is 7.86. The zero-order chi connectivity index (χ0) is 20.4. The summed E-state index contributed by atoms with van der Waals surface area (Å²) in [6.45, 7) is 9.44. The van der Waals surface area contributed by atoms with Crippen molar-refractivity contribution in [3.63, 3.8) is 0 Å². The van der Waals surface area contributed by atoms with Gasteiger partial charge in [-0.2, -0.15) is 0 Å². The maximum atomic E-state index is 5.06. The van der Waals surface area contributed by atoms with Gasteiger partial charge in [0.15, 0.2) is 5.17 Å². The molecule has 0 aromatic heterocycles. The average Bonchev–Trinajstić information content (AvgIpc) is 2.75. The fraction of sp³-hybridized carbons (Fsp3) is 0.320. The summed E-state index contributed by atoms with van der Waals surface area (Å²) in [5.74, 6) is 0. The molecule has 2 aromatic rings. The van der Waals surface area contributed by atoms with Gasteiger partial charge in [-0.3, -0.25) is 4.90 Å². The standard InChI is InChI=1S/C25H29N3S/c1-5-28-15-21(14-19-10-6-17(2)7-11-19)24-22(16-28)23(26-25(27-24)29-4)20-12-8-18(3)9-13-20/h6-14,23H,5,15-16H2,1-4H3,(H,26,27)/b21-14+. The van der Waals surface area contributed by atoms with Gasteiger partial charge < -0.3 is 5.32 Å². The van der Waals surface area contributed by atoms with E-state index in [0.717, 1.165) is 24.8 Å². The van der Waals surface area contributed by atoms with Crippen LogP contribution in [0, 0.1) is 13.8 Å². The van der Waals surface area contributed by atoms with E-state index in [0.29, 0.717) is 0 Å². The number of aliphatic imine (C=N–C) groups is 1. The molecule has 4 heteroatoms. The van der Waals surface area contributed by atoms with E-state index in [9.17, 15) is 0 Å². The predicted molar refractivity (Wildman–Crippen MR) is 126 cm³/mol. The number of amidine groups is 1. The number of rotatable bonds is 3. The Balaban J connectivity index is 1.80. The van der Waals surface area contributed by atoms with Crippen LogP contribution in [0.15, 0.2) is 70.4 Å². The van der Waals surface area contributed by atoms with Crippen molar-refractivity contribution < 1.29 is 0 Å². The van der Waals surface area contributed by atoms with Crippen LogP contribution < -0.4 is 5.32 Å². The van der Waals surface area contributed by atoms with Gasteiger partial charge >= 0.3 is 0 Å². The lowest BCUT2D eigenvalue weighted by Gasteiger charge is -2.37. The van der Waals surface area contributed by atoms with E-state index in [1.807, 2.05) is 0 Å². The molecular formula is C25H29N3S. The minimum Gasteiger partial charge on any atom is -0.335 e. The van der Waals surface area contributed by atoms with Crippen LogP contribution in [-0.4, -0.2) is 36.0 Å². The highest BCUT2D eigenvalue weighted by molar-refractivity contribution is 8.13. The Bertz CT molecular complexity index is 968. The van der Waals surface area contributed by atoms with Gasteiger partial charge in [-0.15, -0.1) is 0 Å². The fourth-order valence-corrected chi connectivity index (χ4v) is 4.37. The summed E-state index contributed by atoms with van der Waals surface area (Å²) in [5.41, 5.74) is 9.07. The summed E-state index contributed by atoms with van der Waals surface area (Å²) in [5, 5.41) is 4.63. The van der Waals surface area contributed by atoms with Crippen LogP contribution in [0.4, 0.5) is 0 Å². The number of thioether (sulfide) groups is 1. The number of hydrogen-bond donors (Lipinski definition) is 1. The first kappa shape index (κ1) is 20.0. The highest BCUT2D eigenvalue weighted by Crippen LogP contribution is 2.37. The molecule has 150 valence electrons. The van der Waals surface area contributed by atoms with Gasteiger partial charge in [-0.1, -0.05) is 78.3 Å². The Hall–Kier alpha value is -2.30. The SMILES string of the molecule is CCN1CC2=C(NC(SC)=NC2c2ccc(C)cc2)/C(=C/c2ccc(C)cc2)C1. The van der Waals surface area contributed by atoms with E-state index in [1.54, 1.807) is 11.8 Å². The van der Waals surface area contributed by atoms with Crippen LogP contribution in [0.25, 0.3) is 6.08 Å². The number of nitrogens with one attached hydrogen (secondary N) is 1. The molecule has 1 N–H and O–H groups in total. The lowest BCUT2D eigenvalue weighted by Crippen LogP contribution is -2.41. The molecule has 3 nitrogen and oxygen atoms in total. The van der Waals surface area contributed by atoms with Crippen molar-refractivity contribution >= 4 is 23.0 Å². The highest BCUT2D eigenvalue weighted by atomic mass is 32.2. The van der Waals surface area contributed by atoms with Crippen LogP contribution in [0.2, 0.25) is 0 Å². The zero-order valence-corrected chi connectivity index (χ0v) is 18.5. The molecule has 2 aromatic carbocycles. The molecule has 2 aliphatic heterocycles. The smallest absolute Gasteiger partial charge is 0.161 e. The monoisotopic (exact) mass is 403 g/mol. The molecule has 2 heterocycles. The van der Waals surface area contributed by atoms with Gasteiger partial charge in [0.2, 0.25) is 0 Å². The molecule has 4 rings (SSSR count). The molecule has 0 fully saturated rings. The van der Waals surface area contributed by atoms with Crippen LogP contribution in [0.1, 0.15) is 35.2 Å². The summed E-state index contributed by atoms with van der Waals surface area (Å²) >= 11 is 1.68. The van der Waals surface area contributed by atoms with Crippen molar-refractivity contribution in [3.8, 4) is 0 Å². The molecule has 0 saturated carbocycles. The largest absolute Gasteiger partial charge is 0.335 e. The predicted octanol–water partition coefficient (Wildman–Crippen LogP) is 5.34. The van der Waals surface area contributed by atoms with Crippen molar-refractivity contribution in [2.75, 3.05) is 25.9 Å². The number of benzene rings is 2. The normalized spacial score (nSPS) is 21.0. The highest BCUT2D eigenvalue weighted by Gasteiger charge is 2.32. The summed E-state index contributed by atoms with van der Waals surface area (Å²) in [6, 6.07) is 17.7. The topological polar surface area (TPSA) is 27.6 Å². The lowest BCUT2D eigenvalue weighted by atomic mass is 9.89. The lowest BCUT2D eigenvalue weighted by molar-refractivity contribution is 0.320. The fourth-order valence-electron chi connectivity index (χ4n) is 3.95. The van der Waals surface area contributed by atoms with Crippen molar-refractivity contribution in [3.05, 3.63) is 87.6 Å². The minimum absolute atomic E-state index is 0.0741. The zero-order valence-electron chi connectivity index (χ0n) is 17.7. The van der Waals surface area contributed by atoms with E-state index < -0.39 is 0 Å². The first-order valence-corrected chi connectivity index (χ1v) is 11.5. The summed E-state index contributed by atoms with van der Waals surface area (Å²) in [6.07, 6.45) is 4.42. The Morgan fingerprint density at radius 3 is 2.31 bits per heavy atom. The van der Waals surface area contributed by atoms with Gasteiger partial charge in [0.1, 0.15) is 6.04 Å². The van der Waals surface area contributed by atoms with E-state index in [4.69, 9.17) is 4.99 Å². The first-order chi connectivity index (χ1) is 14.1. The third kappa shape index (κ3) is 4.34. The van der Waals surface area contributed by atoms with Gasteiger partial charge in [0, 0.05) is 18.8 Å². The molecule has 29 heavy (non-hydrogen) atoms. The van der Waals surface area contributed by atoms with Gasteiger partial charge in [-0.25, -0.2) is 4.99 Å². The van der Waals surface area contributed by atoms with Crippen LogP contribution in [0.3, 0.4) is 0 Å². The minimum atomic E-state index is 0.0741. The maximum absolute atomic E-state index is 5.06. The molecular weight excluding hydrogens is 374 g/mol. The summed E-state index contributed by atoms with van der Waals surface area (Å²) in [7, 11) is 0. The van der Waals surface area contributed by atoms with Crippen LogP contribution in [-0.2, 0) is 0 Å². The molecule has 0 spiro atoms. The second kappa shape index (κ2) is 8.60. The van der Waals surface area contributed by atoms with Crippen molar-refractivity contribution in [1.29, 1.82) is 0 Å². The third-order valence-electron chi connectivity index (χ3n) is 5.69. The molecule has 1 unspecified atom stereocenters. The molecule has 0 aliphatic carbocycles.